The highest BCUT2D eigenvalue weighted by Gasteiger charge is 2.17. The number of hydrogen-bond donors (Lipinski definition) is 0. The molecule has 0 aliphatic heterocycles. The molecular formula is C10H8N2O4. The molecule has 1 aromatic carbocycles. The number of carbonyl (C=O) groups is 1. The van der Waals surface area contributed by atoms with Crippen LogP contribution in [0.3, 0.4) is 0 Å². The van der Waals surface area contributed by atoms with Gasteiger partial charge in [-0.25, -0.2) is 0 Å². The Morgan fingerprint density at radius 3 is 2.81 bits per heavy atom. The van der Waals surface area contributed by atoms with Gasteiger partial charge >= 0.3 is 5.69 Å². The first-order valence-corrected chi connectivity index (χ1v) is 4.38. The summed E-state index contributed by atoms with van der Waals surface area (Å²) in [5, 5.41) is 19.2. The van der Waals surface area contributed by atoms with Crippen molar-refractivity contribution in [3.63, 3.8) is 0 Å². The second kappa shape index (κ2) is 4.89. The van der Waals surface area contributed by atoms with Gasteiger partial charge in [-0.2, -0.15) is 5.26 Å². The van der Waals surface area contributed by atoms with E-state index < -0.39 is 11.0 Å². The number of carbonyl (C=O) groups excluding carboxylic acids is 1. The third-order valence-corrected chi connectivity index (χ3v) is 1.80. The van der Waals surface area contributed by atoms with Gasteiger partial charge in [0.1, 0.15) is 12.4 Å². The zero-order chi connectivity index (χ0) is 12.1. The molecule has 0 N–H and O–H groups in total. The van der Waals surface area contributed by atoms with Crippen molar-refractivity contribution in [2.45, 2.75) is 13.0 Å². The third-order valence-electron chi connectivity index (χ3n) is 1.80. The fraction of sp³-hybridized carbons (Fsp3) is 0.200. The lowest BCUT2D eigenvalue weighted by Gasteiger charge is -2.07. The standard InChI is InChI=1S/C10H8N2O4/c1-7(5-11)16-10-3-2-8(6-13)4-9(10)12(14)15/h2-4,6-7H,1H3/t7-/m0/s1. The summed E-state index contributed by atoms with van der Waals surface area (Å²) < 4.78 is 5.04. The molecule has 0 saturated carbocycles. The molecule has 82 valence electrons. The number of aldehydes is 1. The predicted molar refractivity (Wildman–Crippen MR) is 54.2 cm³/mol. The van der Waals surface area contributed by atoms with Crippen molar-refractivity contribution >= 4 is 12.0 Å². The minimum absolute atomic E-state index is 0.0235. The van der Waals surface area contributed by atoms with Gasteiger partial charge in [-0.05, 0) is 19.1 Å². The molecule has 0 saturated heterocycles. The van der Waals surface area contributed by atoms with Crippen molar-refractivity contribution in [2.75, 3.05) is 0 Å². The Labute approximate surface area is 91.2 Å². The number of nitro groups is 1. The van der Waals surface area contributed by atoms with E-state index in [9.17, 15) is 14.9 Å². The largest absolute Gasteiger partial charge is 0.469 e. The van der Waals surface area contributed by atoms with Gasteiger partial charge in [-0.15, -0.1) is 0 Å². The fourth-order valence-corrected chi connectivity index (χ4v) is 1.07. The number of nitrogens with zero attached hydrogens (tertiary/aromatic N) is 2. The Kier molecular flexibility index (Phi) is 3.56. The second-order valence-electron chi connectivity index (χ2n) is 2.99. The molecule has 0 spiro atoms. The van der Waals surface area contributed by atoms with E-state index in [0.717, 1.165) is 6.07 Å². The molecule has 6 nitrogen and oxygen atoms in total. The maximum atomic E-state index is 10.7. The van der Waals surface area contributed by atoms with Crippen molar-refractivity contribution < 1.29 is 14.5 Å². The molecular weight excluding hydrogens is 212 g/mol. The zero-order valence-electron chi connectivity index (χ0n) is 8.41. The van der Waals surface area contributed by atoms with Crippen LogP contribution in [0.4, 0.5) is 5.69 Å². The molecule has 6 heteroatoms. The van der Waals surface area contributed by atoms with Crippen LogP contribution in [0.25, 0.3) is 0 Å². The van der Waals surface area contributed by atoms with Gasteiger partial charge in [0, 0.05) is 11.6 Å². The number of benzene rings is 1. The van der Waals surface area contributed by atoms with Crippen LogP contribution < -0.4 is 4.74 Å². The number of ether oxygens (including phenoxy) is 1. The van der Waals surface area contributed by atoms with Gasteiger partial charge < -0.3 is 4.74 Å². The number of nitro benzene ring substituents is 1. The summed E-state index contributed by atoms with van der Waals surface area (Å²) in [6, 6.07) is 5.59. The summed E-state index contributed by atoms with van der Waals surface area (Å²) in [4.78, 5) is 20.5. The van der Waals surface area contributed by atoms with Gasteiger partial charge in [0.2, 0.25) is 0 Å². The smallest absolute Gasteiger partial charge is 0.311 e. The zero-order valence-corrected chi connectivity index (χ0v) is 8.41. The molecule has 0 heterocycles. The summed E-state index contributed by atoms with van der Waals surface area (Å²) in [5.74, 6) is -0.0235. The van der Waals surface area contributed by atoms with Crippen molar-refractivity contribution in [1.29, 1.82) is 5.26 Å². The summed E-state index contributed by atoms with van der Waals surface area (Å²) in [6.07, 6.45) is -0.286. The van der Waals surface area contributed by atoms with Crippen LogP contribution in [0.2, 0.25) is 0 Å². The molecule has 1 aromatic rings. The Hall–Kier alpha value is -2.42. The molecule has 0 aromatic heterocycles. The third kappa shape index (κ3) is 2.54. The summed E-state index contributed by atoms with van der Waals surface area (Å²) >= 11 is 0. The highest BCUT2D eigenvalue weighted by Crippen LogP contribution is 2.28. The van der Waals surface area contributed by atoms with Crippen molar-refractivity contribution in [2.24, 2.45) is 0 Å². The lowest BCUT2D eigenvalue weighted by atomic mass is 10.2. The molecule has 16 heavy (non-hydrogen) atoms. The average molecular weight is 220 g/mol. The van der Waals surface area contributed by atoms with E-state index in [1.165, 1.54) is 19.1 Å². The molecule has 0 amide bonds. The first-order chi connectivity index (χ1) is 7.58. The van der Waals surface area contributed by atoms with E-state index in [2.05, 4.69) is 0 Å². The quantitative estimate of drug-likeness (QED) is 0.437. The van der Waals surface area contributed by atoms with Crippen molar-refractivity contribution in [3.05, 3.63) is 33.9 Å². The maximum Gasteiger partial charge on any atom is 0.311 e. The normalized spacial score (nSPS) is 11.2. The molecule has 0 aliphatic carbocycles. The highest BCUT2D eigenvalue weighted by molar-refractivity contribution is 5.77. The number of rotatable bonds is 4. The minimum atomic E-state index is -0.791. The molecule has 1 rings (SSSR count). The molecule has 0 fully saturated rings. The van der Waals surface area contributed by atoms with Crippen LogP contribution in [0.5, 0.6) is 5.75 Å². The Morgan fingerprint density at radius 2 is 2.31 bits per heavy atom. The van der Waals surface area contributed by atoms with E-state index in [0.29, 0.717) is 6.29 Å². The lowest BCUT2D eigenvalue weighted by molar-refractivity contribution is -0.386. The van der Waals surface area contributed by atoms with Crippen LogP contribution in [0.15, 0.2) is 18.2 Å². The van der Waals surface area contributed by atoms with E-state index in [4.69, 9.17) is 10.00 Å². The molecule has 0 radical (unpaired) electrons. The van der Waals surface area contributed by atoms with E-state index in [-0.39, 0.29) is 17.0 Å². The Balaban J connectivity index is 3.14. The fourth-order valence-electron chi connectivity index (χ4n) is 1.07. The van der Waals surface area contributed by atoms with Crippen molar-refractivity contribution in [3.8, 4) is 11.8 Å². The van der Waals surface area contributed by atoms with Gasteiger partial charge in [-0.1, -0.05) is 0 Å². The van der Waals surface area contributed by atoms with Crippen LogP contribution in [-0.2, 0) is 0 Å². The van der Waals surface area contributed by atoms with Gasteiger partial charge in [0.25, 0.3) is 0 Å². The van der Waals surface area contributed by atoms with Gasteiger partial charge in [0.05, 0.1) is 4.92 Å². The Morgan fingerprint density at radius 1 is 1.62 bits per heavy atom. The predicted octanol–water partition coefficient (Wildman–Crippen LogP) is 1.70. The summed E-state index contributed by atoms with van der Waals surface area (Å²) in [7, 11) is 0. The van der Waals surface area contributed by atoms with E-state index in [1.54, 1.807) is 6.07 Å². The van der Waals surface area contributed by atoms with Crippen LogP contribution >= 0.6 is 0 Å². The van der Waals surface area contributed by atoms with Crippen LogP contribution in [0.1, 0.15) is 17.3 Å². The van der Waals surface area contributed by atoms with Crippen molar-refractivity contribution in [1.82, 2.24) is 0 Å². The number of nitriles is 1. The minimum Gasteiger partial charge on any atom is -0.469 e. The number of hydrogen-bond acceptors (Lipinski definition) is 5. The van der Waals surface area contributed by atoms with Gasteiger partial charge in [0.15, 0.2) is 11.9 Å². The average Bonchev–Trinajstić information content (AvgIpc) is 2.29. The first kappa shape index (κ1) is 11.7. The first-order valence-electron chi connectivity index (χ1n) is 4.38. The summed E-state index contributed by atoms with van der Waals surface area (Å²) in [6.45, 7) is 1.47. The molecule has 1 atom stereocenters. The van der Waals surface area contributed by atoms with E-state index in [1.807, 2.05) is 0 Å². The van der Waals surface area contributed by atoms with E-state index >= 15 is 0 Å². The maximum absolute atomic E-state index is 10.7. The van der Waals surface area contributed by atoms with Gasteiger partial charge in [-0.3, -0.25) is 14.9 Å². The molecule has 0 bridgehead atoms. The monoisotopic (exact) mass is 220 g/mol. The SMILES string of the molecule is C[C@@H](C#N)Oc1ccc(C=O)cc1[N+](=O)[O-]. The molecule has 0 unspecified atom stereocenters. The Bertz CT molecular complexity index is 464. The molecule has 0 aliphatic rings. The topological polar surface area (TPSA) is 93.2 Å². The second-order valence-corrected chi connectivity index (χ2v) is 2.99. The lowest BCUT2D eigenvalue weighted by Crippen LogP contribution is -2.09. The van der Waals surface area contributed by atoms with Crippen LogP contribution in [0, 0.1) is 21.4 Å². The van der Waals surface area contributed by atoms with Crippen LogP contribution in [-0.4, -0.2) is 17.3 Å². The highest BCUT2D eigenvalue weighted by atomic mass is 16.6. The summed E-state index contributed by atoms with van der Waals surface area (Å²) in [5.41, 5.74) is -0.143.